The molecule has 8 rings (SSSR count). The first kappa shape index (κ1) is 29.8. The fraction of sp³-hybridized carbons (Fsp3) is 0.524. The maximum Gasteiger partial charge on any atom is 0.386 e. The van der Waals surface area contributed by atoms with Gasteiger partial charge in [-0.05, 0) is 11.8 Å². The second kappa shape index (κ2) is 10.5. The normalized spacial score (nSPS) is 38.6. The van der Waals surface area contributed by atoms with Crippen molar-refractivity contribution in [3.63, 3.8) is 0 Å². The van der Waals surface area contributed by atoms with Gasteiger partial charge in [-0.3, -0.25) is 28.0 Å². The second-order valence-corrected chi connectivity index (χ2v) is 16.4. The number of hydrogen-bond acceptors (Lipinski definition) is 17. The Labute approximate surface area is 261 Å². The maximum atomic E-state index is 13.6. The predicted molar refractivity (Wildman–Crippen MR) is 158 cm³/mol. The average molecular weight is 703 g/mol. The average Bonchev–Trinajstić information content (AvgIpc) is 3.79. The van der Waals surface area contributed by atoms with Gasteiger partial charge >= 0.3 is 13.5 Å². The molecule has 2 unspecified atom stereocenters. The smallest absolute Gasteiger partial charge is 0.382 e. The van der Waals surface area contributed by atoms with Gasteiger partial charge in [0.1, 0.15) is 35.8 Å². The van der Waals surface area contributed by atoms with Crippen LogP contribution in [0.25, 0.3) is 22.3 Å². The van der Waals surface area contributed by atoms with Gasteiger partial charge in [-0.2, -0.15) is 4.98 Å². The summed E-state index contributed by atoms with van der Waals surface area (Å²) >= 11 is 9.64. The van der Waals surface area contributed by atoms with E-state index in [0.717, 1.165) is 0 Å². The molecule has 0 spiro atoms. The number of nitrogens with one attached hydrogen (secondary N) is 1. The minimum Gasteiger partial charge on any atom is -0.382 e. The van der Waals surface area contributed by atoms with Gasteiger partial charge in [-0.25, -0.2) is 24.5 Å². The zero-order valence-corrected chi connectivity index (χ0v) is 26.2. The molecule has 0 saturated carbocycles. The number of hydrogen-bond donors (Lipinski definition) is 5. The van der Waals surface area contributed by atoms with Crippen LogP contribution in [-0.4, -0.2) is 93.8 Å². The Morgan fingerprint density at radius 2 is 1.84 bits per heavy atom. The Morgan fingerprint density at radius 1 is 1.07 bits per heavy atom. The zero-order chi connectivity index (χ0) is 31.3. The van der Waals surface area contributed by atoms with Gasteiger partial charge in [0.2, 0.25) is 5.95 Å². The number of anilines is 2. The molecule has 4 aromatic rings. The Hall–Kier alpha value is -2.59. The van der Waals surface area contributed by atoms with E-state index in [0.29, 0.717) is 11.2 Å². The van der Waals surface area contributed by atoms with Gasteiger partial charge in [-0.15, -0.1) is 0 Å². The van der Waals surface area contributed by atoms with Crippen LogP contribution in [0.5, 0.6) is 0 Å². The number of thiol groups is 1. The largest absolute Gasteiger partial charge is 0.386 e. The number of fused-ring (bicyclic) bond motifs is 4. The highest BCUT2D eigenvalue weighted by atomic mass is 32.7. The van der Waals surface area contributed by atoms with Crippen molar-refractivity contribution in [2.45, 2.75) is 48.9 Å². The lowest BCUT2D eigenvalue weighted by molar-refractivity contribution is -0.183. The highest BCUT2D eigenvalue weighted by molar-refractivity contribution is 8.44. The quantitative estimate of drug-likeness (QED) is 0.137. The molecule has 4 aliphatic rings. The molecular weight excluding hydrogens is 678 g/mol. The summed E-state index contributed by atoms with van der Waals surface area (Å²) in [4.78, 5) is 46.8. The monoisotopic (exact) mass is 702 g/mol. The summed E-state index contributed by atoms with van der Waals surface area (Å²) in [7, 11) is 0. The van der Waals surface area contributed by atoms with E-state index in [1.165, 1.54) is 23.5 Å². The third kappa shape index (κ3) is 5.00. The Kier molecular flexibility index (Phi) is 6.92. The van der Waals surface area contributed by atoms with Crippen LogP contribution in [0.2, 0.25) is 0 Å². The third-order valence-corrected chi connectivity index (χ3v) is 11.1. The molecule has 4 bridgehead atoms. The highest BCUT2D eigenvalue weighted by Crippen LogP contribution is 2.61. The van der Waals surface area contributed by atoms with Crippen LogP contribution >= 0.6 is 25.8 Å². The van der Waals surface area contributed by atoms with E-state index in [1.54, 1.807) is 4.57 Å². The van der Waals surface area contributed by atoms with Crippen LogP contribution in [0, 0.1) is 0 Å². The number of nitrogen functional groups attached to an aromatic ring is 2. The summed E-state index contributed by atoms with van der Waals surface area (Å²) in [5, 5.41) is 0. The number of ether oxygens (including phenoxy) is 3. The second-order valence-electron chi connectivity index (χ2n) is 10.8. The molecule has 4 fully saturated rings. The number of aromatic amines is 1. The van der Waals surface area contributed by atoms with Crippen LogP contribution in [0.3, 0.4) is 0 Å². The van der Waals surface area contributed by atoms with E-state index in [1.807, 2.05) is 0 Å². The number of nitrogens with zero attached hydrogens (tertiary/aromatic N) is 7. The number of rotatable bonds is 2. The lowest BCUT2D eigenvalue weighted by atomic mass is 10.0. The molecule has 20 nitrogen and oxygen atoms in total. The molecule has 9 atom stereocenters. The SMILES string of the molecule is Nc1nc2c(ncn2[C@@H]2O[C@@H]3COP(=O)(S)O[C@H]4[C@H]5OC[C@]4(COP(O)(=S)O[C@H]2C3)O[C@H]5n2cnc3c(N)ncnc32)c(=O)[nH]1. The zero-order valence-electron chi connectivity index (χ0n) is 22.7. The van der Waals surface area contributed by atoms with Crippen molar-refractivity contribution >= 4 is 71.7 Å². The third-order valence-electron chi connectivity index (χ3n) is 7.92. The van der Waals surface area contributed by atoms with Crippen LogP contribution in [0.1, 0.15) is 18.9 Å². The minimum atomic E-state index is -4.10. The summed E-state index contributed by atoms with van der Waals surface area (Å²) in [6.45, 7) is -8.86. The van der Waals surface area contributed by atoms with Gasteiger partial charge in [0.15, 0.2) is 35.1 Å². The van der Waals surface area contributed by atoms with E-state index in [2.05, 4.69) is 42.2 Å². The van der Waals surface area contributed by atoms with Crippen LogP contribution in [-0.2, 0) is 48.7 Å². The standard InChI is InChI=1S/C21H24N10O10P2S2/c22-14-10-15(25-5-24-14)30(6-26-10)19-12-13-21(39-19,3-35-12)4-37-43(34,45)40-9-1-8(2-36-42(33,44)41-13)38-18(9)31-7-27-11-16(31)28-20(23)29-17(11)32/h5-9,12-13,18-19H,1-4H2,(H,33,44)(H,34,45)(H2,22,24,25)(H3,23,28,29,32)/t8-,9-,12+,13-,18+,19+,21+,42?,43?/m0/s1. The van der Waals surface area contributed by atoms with Crippen LogP contribution in [0.15, 0.2) is 23.8 Å². The van der Waals surface area contributed by atoms with Crippen molar-refractivity contribution in [3.8, 4) is 0 Å². The highest BCUT2D eigenvalue weighted by Gasteiger charge is 2.65. The molecule has 4 aliphatic heterocycles. The van der Waals surface area contributed by atoms with Gasteiger partial charge < -0.3 is 39.6 Å². The maximum absolute atomic E-state index is 13.6. The Balaban J connectivity index is 1.12. The summed E-state index contributed by atoms with van der Waals surface area (Å²) in [6, 6.07) is 0. The summed E-state index contributed by atoms with van der Waals surface area (Å²) < 4.78 is 58.7. The van der Waals surface area contributed by atoms with E-state index in [9.17, 15) is 14.3 Å². The molecule has 0 aromatic carbocycles. The molecule has 6 N–H and O–H groups in total. The van der Waals surface area contributed by atoms with Gasteiger partial charge in [0.25, 0.3) is 5.56 Å². The van der Waals surface area contributed by atoms with Crippen molar-refractivity contribution in [3.05, 3.63) is 29.3 Å². The summed E-state index contributed by atoms with van der Waals surface area (Å²) in [5.74, 6) is 0.0234. The van der Waals surface area contributed by atoms with Gasteiger partial charge in [0.05, 0.1) is 38.6 Å². The van der Waals surface area contributed by atoms with Crippen molar-refractivity contribution < 1.29 is 41.8 Å². The van der Waals surface area contributed by atoms with E-state index in [-0.39, 0.29) is 49.2 Å². The number of H-pyrrole nitrogens is 1. The molecule has 0 aliphatic carbocycles. The first-order chi connectivity index (χ1) is 21.4. The van der Waals surface area contributed by atoms with Crippen molar-refractivity contribution in [2.24, 2.45) is 0 Å². The van der Waals surface area contributed by atoms with Crippen LogP contribution in [0.4, 0.5) is 11.8 Å². The fourth-order valence-corrected chi connectivity index (χ4v) is 8.95. The Morgan fingerprint density at radius 3 is 2.67 bits per heavy atom. The summed E-state index contributed by atoms with van der Waals surface area (Å²) in [6.07, 6.45) is -1.37. The molecule has 0 radical (unpaired) electrons. The van der Waals surface area contributed by atoms with E-state index < -0.39 is 61.5 Å². The van der Waals surface area contributed by atoms with Crippen molar-refractivity contribution in [1.82, 2.24) is 39.0 Å². The van der Waals surface area contributed by atoms with Gasteiger partial charge in [0, 0.05) is 6.42 Å². The topological polar surface area (TPSA) is 261 Å². The van der Waals surface area contributed by atoms with Crippen molar-refractivity contribution in [2.75, 3.05) is 31.3 Å². The molecule has 0 amide bonds. The number of nitrogens with two attached hydrogens (primary N) is 2. The number of aromatic nitrogens is 8. The molecule has 240 valence electrons. The molecule has 45 heavy (non-hydrogen) atoms. The number of imidazole rings is 2. The molecule has 4 aromatic heterocycles. The molecule has 24 heteroatoms. The van der Waals surface area contributed by atoms with E-state index in [4.69, 9.17) is 55.6 Å². The van der Waals surface area contributed by atoms with Crippen molar-refractivity contribution in [1.29, 1.82) is 0 Å². The molecular formula is C21H24N10O10P2S2. The molecule has 8 heterocycles. The first-order valence-electron chi connectivity index (χ1n) is 13.3. The lowest BCUT2D eigenvalue weighted by Crippen LogP contribution is -2.45. The summed E-state index contributed by atoms with van der Waals surface area (Å²) in [5.41, 5.74) is 10.5. The minimum absolute atomic E-state index is 0.00211. The Bertz CT molecular complexity index is 1990. The van der Waals surface area contributed by atoms with Gasteiger partial charge in [-0.1, -0.05) is 12.2 Å². The van der Waals surface area contributed by atoms with E-state index >= 15 is 0 Å². The fourth-order valence-electron chi connectivity index (χ4n) is 5.97. The van der Waals surface area contributed by atoms with Crippen LogP contribution < -0.4 is 17.0 Å². The lowest BCUT2D eigenvalue weighted by Gasteiger charge is -2.33. The predicted octanol–water partition coefficient (Wildman–Crippen LogP) is 0.150. The first-order valence-corrected chi connectivity index (χ1v) is 18.6. The molecule has 4 saturated heterocycles.